The number of alkyl halides is 3. The molecule has 176 valence electrons. The first-order chi connectivity index (χ1) is 15.3. The summed E-state index contributed by atoms with van der Waals surface area (Å²) in [4.78, 5) is 7.75. The van der Waals surface area contributed by atoms with E-state index in [0.717, 1.165) is 10.6 Å². The van der Waals surface area contributed by atoms with Crippen molar-refractivity contribution in [3.05, 3.63) is 65.4 Å². The first kappa shape index (κ1) is 24.1. The van der Waals surface area contributed by atoms with Gasteiger partial charge in [0, 0.05) is 25.5 Å². The highest BCUT2D eigenvalue weighted by Crippen LogP contribution is 2.34. The molecule has 3 aromatic rings. The van der Waals surface area contributed by atoms with Crippen LogP contribution in [0.25, 0.3) is 0 Å². The average Bonchev–Trinajstić information content (AvgIpc) is 2.72. The Hall–Kier alpha value is -3.54. The van der Waals surface area contributed by atoms with E-state index in [2.05, 4.69) is 20.6 Å². The Labute approximate surface area is 189 Å². The van der Waals surface area contributed by atoms with Gasteiger partial charge < -0.3 is 15.7 Å². The number of nitrogens with zero attached hydrogens (tertiary/aromatic N) is 3. The number of aromatic nitrogens is 2. The summed E-state index contributed by atoms with van der Waals surface area (Å²) >= 11 is 0. The van der Waals surface area contributed by atoms with E-state index in [1.54, 1.807) is 37.3 Å². The summed E-state index contributed by atoms with van der Waals surface area (Å²) in [6, 6.07) is 10.9. The third-order valence-corrected chi connectivity index (χ3v) is 5.99. The summed E-state index contributed by atoms with van der Waals surface area (Å²) in [5, 5.41) is 15.0. The Balaban J connectivity index is 1.87. The third kappa shape index (κ3) is 6.04. The van der Waals surface area contributed by atoms with Crippen molar-refractivity contribution in [3.8, 4) is 5.75 Å². The number of hydrogen-bond donors (Lipinski definition) is 3. The fraction of sp³-hybridized carbons (Fsp3) is 0.238. The van der Waals surface area contributed by atoms with Crippen molar-refractivity contribution >= 4 is 33.2 Å². The van der Waals surface area contributed by atoms with E-state index in [4.69, 9.17) is 0 Å². The van der Waals surface area contributed by atoms with Gasteiger partial charge in [-0.2, -0.15) is 18.2 Å². The normalized spacial score (nSPS) is 11.8. The molecule has 0 fully saturated rings. The summed E-state index contributed by atoms with van der Waals surface area (Å²) in [6.07, 6.45) is -2.95. The SMILES string of the molecule is Cc1cc(O)ccc1Nc1ncc(C(F)(F)F)c(NCc2cccc(N(C)S(C)(=O)=O)c2)n1. The molecule has 0 amide bonds. The van der Waals surface area contributed by atoms with Crippen LogP contribution < -0.4 is 14.9 Å². The minimum Gasteiger partial charge on any atom is -0.508 e. The van der Waals surface area contributed by atoms with E-state index in [9.17, 15) is 26.7 Å². The van der Waals surface area contributed by atoms with Crippen molar-refractivity contribution in [2.24, 2.45) is 0 Å². The zero-order valence-corrected chi connectivity index (χ0v) is 18.8. The van der Waals surface area contributed by atoms with E-state index in [0.29, 0.717) is 28.7 Å². The number of nitrogens with one attached hydrogen (secondary N) is 2. The molecule has 0 saturated carbocycles. The van der Waals surface area contributed by atoms with Crippen LogP contribution >= 0.6 is 0 Å². The average molecular weight is 482 g/mol. The molecule has 0 spiro atoms. The van der Waals surface area contributed by atoms with Crippen LogP contribution in [0.5, 0.6) is 5.75 Å². The standard InChI is InChI=1S/C21H22F3N5O3S/c1-13-9-16(30)7-8-18(13)27-20-26-12-17(21(22,23)24)19(28-20)25-11-14-5-4-6-15(10-14)29(2)33(3,31)32/h4-10,12,30H,11H2,1-3H3,(H2,25,26,27,28). The van der Waals surface area contributed by atoms with Crippen LogP contribution in [0.1, 0.15) is 16.7 Å². The molecule has 0 unspecified atom stereocenters. The molecule has 0 bridgehead atoms. The van der Waals surface area contributed by atoms with Crippen LogP contribution in [0.3, 0.4) is 0 Å². The largest absolute Gasteiger partial charge is 0.508 e. The summed E-state index contributed by atoms with van der Waals surface area (Å²) in [5.41, 5.74) is 1.06. The number of phenolic OH excluding ortho intramolecular Hbond substituents is 1. The second kappa shape index (κ2) is 9.14. The zero-order chi connectivity index (χ0) is 24.4. The van der Waals surface area contributed by atoms with Crippen molar-refractivity contribution < 1.29 is 26.7 Å². The number of hydrogen-bond acceptors (Lipinski definition) is 7. The van der Waals surface area contributed by atoms with Gasteiger partial charge in [0.05, 0.1) is 11.9 Å². The first-order valence-electron chi connectivity index (χ1n) is 9.62. The lowest BCUT2D eigenvalue weighted by molar-refractivity contribution is -0.137. The van der Waals surface area contributed by atoms with Gasteiger partial charge >= 0.3 is 6.18 Å². The van der Waals surface area contributed by atoms with Crippen molar-refractivity contribution in [2.45, 2.75) is 19.6 Å². The second-order valence-electron chi connectivity index (χ2n) is 7.33. The monoisotopic (exact) mass is 481 g/mol. The van der Waals surface area contributed by atoms with Crippen LogP contribution in [0.2, 0.25) is 0 Å². The molecule has 1 heterocycles. The van der Waals surface area contributed by atoms with Crippen LogP contribution in [0, 0.1) is 6.92 Å². The Morgan fingerprint density at radius 2 is 1.88 bits per heavy atom. The minimum atomic E-state index is -4.69. The van der Waals surface area contributed by atoms with E-state index < -0.39 is 27.6 Å². The maximum Gasteiger partial charge on any atom is 0.421 e. The Bertz CT molecular complexity index is 1270. The summed E-state index contributed by atoms with van der Waals surface area (Å²) in [5.74, 6) is -0.444. The molecule has 0 radical (unpaired) electrons. The van der Waals surface area contributed by atoms with Gasteiger partial charge in [0.2, 0.25) is 16.0 Å². The fourth-order valence-corrected chi connectivity index (χ4v) is 3.43. The van der Waals surface area contributed by atoms with Crippen LogP contribution in [0.4, 0.5) is 36.3 Å². The predicted octanol–water partition coefficient (Wildman–Crippen LogP) is 4.26. The molecule has 1 aromatic heterocycles. The number of aryl methyl sites for hydroxylation is 1. The van der Waals surface area contributed by atoms with Gasteiger partial charge in [-0.1, -0.05) is 12.1 Å². The fourth-order valence-electron chi connectivity index (χ4n) is 2.93. The smallest absolute Gasteiger partial charge is 0.421 e. The summed E-state index contributed by atoms with van der Waals surface area (Å²) in [7, 11) is -2.10. The van der Waals surface area contributed by atoms with Crippen LogP contribution in [0.15, 0.2) is 48.7 Å². The number of sulfonamides is 1. The van der Waals surface area contributed by atoms with Gasteiger partial charge in [0.1, 0.15) is 17.1 Å². The summed E-state index contributed by atoms with van der Waals surface area (Å²) in [6.45, 7) is 1.68. The highest BCUT2D eigenvalue weighted by molar-refractivity contribution is 7.92. The van der Waals surface area contributed by atoms with Gasteiger partial charge in [0.15, 0.2) is 0 Å². The van der Waals surface area contributed by atoms with Crippen molar-refractivity contribution in [1.29, 1.82) is 0 Å². The molecule has 0 aliphatic heterocycles. The van der Waals surface area contributed by atoms with E-state index in [-0.39, 0.29) is 18.2 Å². The molecule has 3 N–H and O–H groups in total. The molecular formula is C21H22F3N5O3S. The minimum absolute atomic E-state index is 0.0385. The molecule has 8 nitrogen and oxygen atoms in total. The highest BCUT2D eigenvalue weighted by Gasteiger charge is 2.35. The number of rotatable bonds is 7. The molecule has 2 aromatic carbocycles. The van der Waals surface area contributed by atoms with Gasteiger partial charge in [0.25, 0.3) is 0 Å². The van der Waals surface area contributed by atoms with Gasteiger partial charge in [-0.3, -0.25) is 4.31 Å². The lowest BCUT2D eigenvalue weighted by atomic mass is 10.2. The Morgan fingerprint density at radius 3 is 2.52 bits per heavy atom. The second-order valence-corrected chi connectivity index (χ2v) is 9.35. The third-order valence-electron chi connectivity index (χ3n) is 4.78. The van der Waals surface area contributed by atoms with Crippen molar-refractivity contribution in [3.63, 3.8) is 0 Å². The van der Waals surface area contributed by atoms with Crippen LogP contribution in [-0.4, -0.2) is 36.8 Å². The molecule has 0 atom stereocenters. The zero-order valence-electron chi connectivity index (χ0n) is 18.0. The molecule has 33 heavy (non-hydrogen) atoms. The number of phenols is 1. The van der Waals surface area contributed by atoms with Crippen molar-refractivity contribution in [2.75, 3.05) is 28.2 Å². The lowest BCUT2D eigenvalue weighted by Crippen LogP contribution is -2.24. The maximum atomic E-state index is 13.5. The Kier molecular flexibility index (Phi) is 6.68. The van der Waals surface area contributed by atoms with Gasteiger partial charge in [-0.25, -0.2) is 13.4 Å². The van der Waals surface area contributed by atoms with Gasteiger partial charge in [-0.05, 0) is 48.4 Å². The topological polar surface area (TPSA) is 107 Å². The summed E-state index contributed by atoms with van der Waals surface area (Å²) < 4.78 is 65.1. The molecular weight excluding hydrogens is 459 g/mol. The highest BCUT2D eigenvalue weighted by atomic mass is 32.2. The Morgan fingerprint density at radius 1 is 1.15 bits per heavy atom. The van der Waals surface area contributed by atoms with E-state index >= 15 is 0 Å². The van der Waals surface area contributed by atoms with Gasteiger partial charge in [-0.15, -0.1) is 0 Å². The predicted molar refractivity (Wildman–Crippen MR) is 120 cm³/mol. The van der Waals surface area contributed by atoms with E-state index in [1.807, 2.05) is 0 Å². The molecule has 3 rings (SSSR count). The molecule has 0 aliphatic rings. The molecule has 0 saturated heterocycles. The molecule has 0 aliphatic carbocycles. The number of anilines is 4. The van der Waals surface area contributed by atoms with Crippen LogP contribution in [-0.2, 0) is 22.7 Å². The lowest BCUT2D eigenvalue weighted by Gasteiger charge is -2.18. The first-order valence-corrected chi connectivity index (χ1v) is 11.5. The molecule has 12 heteroatoms. The maximum absolute atomic E-state index is 13.5. The number of halogens is 3. The number of aromatic hydroxyl groups is 1. The van der Waals surface area contributed by atoms with E-state index in [1.165, 1.54) is 19.2 Å². The quantitative estimate of drug-likeness (QED) is 0.433. The number of benzene rings is 2. The van der Waals surface area contributed by atoms with Crippen molar-refractivity contribution in [1.82, 2.24) is 9.97 Å².